The van der Waals surface area contributed by atoms with Crippen molar-refractivity contribution in [2.24, 2.45) is 0 Å². The van der Waals surface area contributed by atoms with E-state index in [4.69, 9.17) is 0 Å². The normalized spacial score (nSPS) is 9.82. The van der Waals surface area contributed by atoms with Gasteiger partial charge < -0.3 is 4.90 Å². The summed E-state index contributed by atoms with van der Waals surface area (Å²) >= 11 is 2.25. The van der Waals surface area contributed by atoms with Gasteiger partial charge in [-0.3, -0.25) is 0 Å². The smallest absolute Gasteiger partial charge is 0.145 e. The Hall–Kier alpha value is -0.390. The molecule has 1 rings (SSSR count). The van der Waals surface area contributed by atoms with Crippen LogP contribution in [0.2, 0.25) is 0 Å². The highest BCUT2D eigenvalue weighted by atomic mass is 127. The minimum Gasteiger partial charge on any atom is -0.362 e. The zero-order valence-corrected chi connectivity index (χ0v) is 8.95. The monoisotopic (exact) mass is 263 g/mol. The summed E-state index contributed by atoms with van der Waals surface area (Å²) in [4.78, 5) is 10.2. The van der Waals surface area contributed by atoms with E-state index in [9.17, 15) is 0 Å². The van der Waals surface area contributed by atoms with E-state index in [1.807, 2.05) is 25.9 Å². The molecule has 0 bridgehead atoms. The highest BCUT2D eigenvalue weighted by Crippen LogP contribution is 2.18. The second-order valence-corrected chi connectivity index (χ2v) is 3.57. The van der Waals surface area contributed by atoms with Crippen LogP contribution in [0.15, 0.2) is 6.33 Å². The summed E-state index contributed by atoms with van der Waals surface area (Å²) in [6.45, 7) is 1.98. The van der Waals surface area contributed by atoms with E-state index in [-0.39, 0.29) is 0 Å². The van der Waals surface area contributed by atoms with Crippen LogP contribution in [-0.4, -0.2) is 24.1 Å². The van der Waals surface area contributed by atoms with Crippen LogP contribution in [0, 0.1) is 10.5 Å². The Morgan fingerprint density at radius 2 is 2.00 bits per heavy atom. The second-order valence-electron chi connectivity index (χ2n) is 2.49. The van der Waals surface area contributed by atoms with E-state index < -0.39 is 0 Å². The summed E-state index contributed by atoms with van der Waals surface area (Å²) in [5.41, 5.74) is 1.03. The zero-order valence-electron chi connectivity index (χ0n) is 6.80. The standard InChI is InChI=1S/C7H10IN3/c1-5-6(8)7(11(2)3)10-4-9-5/h4H,1-3H3. The molecule has 4 heteroatoms. The highest BCUT2D eigenvalue weighted by Gasteiger charge is 2.05. The molecule has 0 saturated heterocycles. The second kappa shape index (κ2) is 3.34. The van der Waals surface area contributed by atoms with Crippen molar-refractivity contribution < 1.29 is 0 Å². The lowest BCUT2D eigenvalue weighted by Gasteiger charge is -2.12. The van der Waals surface area contributed by atoms with Gasteiger partial charge in [-0.15, -0.1) is 0 Å². The first-order chi connectivity index (χ1) is 5.13. The summed E-state index contributed by atoms with van der Waals surface area (Å²) < 4.78 is 1.12. The first-order valence-corrected chi connectivity index (χ1v) is 4.35. The summed E-state index contributed by atoms with van der Waals surface area (Å²) in [7, 11) is 3.95. The van der Waals surface area contributed by atoms with Gasteiger partial charge in [0.05, 0.1) is 9.26 Å². The van der Waals surface area contributed by atoms with Crippen LogP contribution in [0.4, 0.5) is 5.82 Å². The minimum atomic E-state index is 0.984. The number of hydrogen-bond acceptors (Lipinski definition) is 3. The maximum absolute atomic E-state index is 4.15. The van der Waals surface area contributed by atoms with Gasteiger partial charge in [-0.25, -0.2) is 9.97 Å². The van der Waals surface area contributed by atoms with Crippen molar-refractivity contribution in [1.82, 2.24) is 9.97 Å². The third-order valence-corrected chi connectivity index (χ3v) is 2.63. The number of rotatable bonds is 1. The number of anilines is 1. The molecule has 0 atom stereocenters. The predicted octanol–water partition coefficient (Wildman–Crippen LogP) is 1.46. The number of nitrogens with zero attached hydrogens (tertiary/aromatic N) is 3. The highest BCUT2D eigenvalue weighted by molar-refractivity contribution is 14.1. The topological polar surface area (TPSA) is 29.0 Å². The average Bonchev–Trinajstić information content (AvgIpc) is 1.94. The molecule has 3 nitrogen and oxygen atoms in total. The molecule has 0 saturated carbocycles. The van der Waals surface area contributed by atoms with Crippen molar-refractivity contribution in [2.75, 3.05) is 19.0 Å². The van der Waals surface area contributed by atoms with Crippen molar-refractivity contribution in [3.63, 3.8) is 0 Å². The van der Waals surface area contributed by atoms with Crippen LogP contribution in [0.25, 0.3) is 0 Å². The van der Waals surface area contributed by atoms with Crippen LogP contribution < -0.4 is 4.90 Å². The molecular weight excluding hydrogens is 253 g/mol. The molecule has 0 radical (unpaired) electrons. The first kappa shape index (κ1) is 8.70. The van der Waals surface area contributed by atoms with Gasteiger partial charge in [-0.1, -0.05) is 0 Å². The molecule has 0 N–H and O–H groups in total. The molecule has 1 heterocycles. The average molecular weight is 263 g/mol. The Morgan fingerprint density at radius 1 is 1.36 bits per heavy atom. The summed E-state index contributed by atoms with van der Waals surface area (Å²) in [5.74, 6) is 0.984. The largest absolute Gasteiger partial charge is 0.362 e. The van der Waals surface area contributed by atoms with Gasteiger partial charge in [0, 0.05) is 14.1 Å². The van der Waals surface area contributed by atoms with Crippen molar-refractivity contribution >= 4 is 28.4 Å². The number of halogens is 1. The van der Waals surface area contributed by atoms with Gasteiger partial charge in [0.15, 0.2) is 0 Å². The molecule has 0 amide bonds. The van der Waals surface area contributed by atoms with E-state index in [2.05, 4.69) is 32.6 Å². The quantitative estimate of drug-likeness (QED) is 0.718. The minimum absolute atomic E-state index is 0.984. The molecule has 0 unspecified atom stereocenters. The zero-order chi connectivity index (χ0) is 8.43. The van der Waals surface area contributed by atoms with Gasteiger partial charge in [0.25, 0.3) is 0 Å². The van der Waals surface area contributed by atoms with E-state index in [1.165, 1.54) is 0 Å². The van der Waals surface area contributed by atoms with Crippen molar-refractivity contribution in [2.45, 2.75) is 6.92 Å². The Balaban J connectivity index is 3.17. The summed E-state index contributed by atoms with van der Waals surface area (Å²) in [5, 5.41) is 0. The fourth-order valence-electron chi connectivity index (χ4n) is 0.757. The van der Waals surface area contributed by atoms with Crippen LogP contribution in [0.1, 0.15) is 5.69 Å². The number of aryl methyl sites for hydroxylation is 1. The molecule has 0 aliphatic heterocycles. The van der Waals surface area contributed by atoms with E-state index >= 15 is 0 Å². The van der Waals surface area contributed by atoms with Gasteiger partial charge in [0.2, 0.25) is 0 Å². The summed E-state index contributed by atoms with van der Waals surface area (Å²) in [6.07, 6.45) is 1.59. The van der Waals surface area contributed by atoms with Crippen LogP contribution >= 0.6 is 22.6 Å². The fraction of sp³-hybridized carbons (Fsp3) is 0.429. The first-order valence-electron chi connectivity index (χ1n) is 3.27. The van der Waals surface area contributed by atoms with Crippen molar-refractivity contribution in [3.05, 3.63) is 15.6 Å². The van der Waals surface area contributed by atoms with Gasteiger partial charge in [-0.2, -0.15) is 0 Å². The molecule has 1 aromatic rings. The van der Waals surface area contributed by atoms with Crippen LogP contribution in [-0.2, 0) is 0 Å². The maximum Gasteiger partial charge on any atom is 0.145 e. The van der Waals surface area contributed by atoms with E-state index in [0.29, 0.717) is 0 Å². The van der Waals surface area contributed by atoms with E-state index in [1.54, 1.807) is 6.33 Å². The Morgan fingerprint density at radius 3 is 2.45 bits per heavy atom. The predicted molar refractivity (Wildman–Crippen MR) is 53.8 cm³/mol. The molecule has 60 valence electrons. The molecule has 0 aliphatic carbocycles. The number of hydrogen-bond donors (Lipinski definition) is 0. The van der Waals surface area contributed by atoms with Crippen LogP contribution in [0.3, 0.4) is 0 Å². The van der Waals surface area contributed by atoms with Crippen molar-refractivity contribution in [1.29, 1.82) is 0 Å². The van der Waals surface area contributed by atoms with Gasteiger partial charge >= 0.3 is 0 Å². The third-order valence-electron chi connectivity index (χ3n) is 1.37. The SMILES string of the molecule is Cc1ncnc(N(C)C)c1I. The Labute approximate surface area is 80.0 Å². The lowest BCUT2D eigenvalue weighted by molar-refractivity contribution is 0.999. The molecule has 0 aliphatic rings. The third kappa shape index (κ3) is 1.79. The van der Waals surface area contributed by atoms with Gasteiger partial charge in [-0.05, 0) is 29.5 Å². The maximum atomic E-state index is 4.15. The molecule has 11 heavy (non-hydrogen) atoms. The molecule has 0 aromatic carbocycles. The van der Waals surface area contributed by atoms with Crippen molar-refractivity contribution in [3.8, 4) is 0 Å². The number of aromatic nitrogens is 2. The molecular formula is C7H10IN3. The van der Waals surface area contributed by atoms with E-state index in [0.717, 1.165) is 15.1 Å². The lowest BCUT2D eigenvalue weighted by atomic mass is 10.4. The molecule has 0 fully saturated rings. The Bertz CT molecular complexity index is 260. The fourth-order valence-corrected chi connectivity index (χ4v) is 1.52. The lowest BCUT2D eigenvalue weighted by Crippen LogP contribution is -2.13. The van der Waals surface area contributed by atoms with Crippen LogP contribution in [0.5, 0.6) is 0 Å². The molecule has 1 aromatic heterocycles. The molecule has 0 spiro atoms. The van der Waals surface area contributed by atoms with Gasteiger partial charge in [0.1, 0.15) is 12.1 Å². The summed E-state index contributed by atoms with van der Waals surface area (Å²) in [6, 6.07) is 0. The Kier molecular flexibility index (Phi) is 2.64.